The zero-order valence-corrected chi connectivity index (χ0v) is 21.5. The van der Waals surface area contributed by atoms with Crippen molar-refractivity contribution in [3.63, 3.8) is 0 Å². The number of benzene rings is 3. The van der Waals surface area contributed by atoms with Crippen LogP contribution in [0.2, 0.25) is 5.02 Å². The van der Waals surface area contributed by atoms with Crippen molar-refractivity contribution in [3.8, 4) is 0 Å². The number of nitrogens with zero attached hydrogens (tertiary/aromatic N) is 2. The molecule has 2 N–H and O–H groups in total. The van der Waals surface area contributed by atoms with Crippen molar-refractivity contribution in [2.45, 2.75) is 6.92 Å². The third kappa shape index (κ3) is 6.50. The van der Waals surface area contributed by atoms with Gasteiger partial charge in [0.1, 0.15) is 0 Å². The topological polar surface area (TPSA) is 64.7 Å². The average Bonchev–Trinajstić information content (AvgIpc) is 2.88. The lowest BCUT2D eigenvalue weighted by atomic mass is 10.1. The van der Waals surface area contributed by atoms with E-state index in [1.807, 2.05) is 78.6 Å². The Balaban J connectivity index is 1.30. The summed E-state index contributed by atoms with van der Waals surface area (Å²) in [4.78, 5) is 29.1. The van der Waals surface area contributed by atoms with Gasteiger partial charge in [0.2, 0.25) is 5.91 Å². The zero-order chi connectivity index (χ0) is 25.5. The van der Waals surface area contributed by atoms with Gasteiger partial charge < -0.3 is 15.1 Å². The molecule has 1 saturated heterocycles. The quantitative estimate of drug-likeness (QED) is 0.362. The summed E-state index contributed by atoms with van der Waals surface area (Å²) >= 11 is 11.8. The largest absolute Gasteiger partial charge is 0.367 e. The summed E-state index contributed by atoms with van der Waals surface area (Å²) in [6.45, 7) is 4.57. The van der Waals surface area contributed by atoms with Gasteiger partial charge in [-0.3, -0.25) is 14.9 Å². The molecule has 0 bridgehead atoms. The summed E-state index contributed by atoms with van der Waals surface area (Å²) in [5.41, 5.74) is 4.23. The lowest BCUT2D eigenvalue weighted by Gasteiger charge is -2.36. The van der Waals surface area contributed by atoms with E-state index in [0.717, 1.165) is 22.4 Å². The fraction of sp³-hybridized carbons (Fsp3) is 0.179. The molecule has 0 atom stereocenters. The van der Waals surface area contributed by atoms with Gasteiger partial charge >= 0.3 is 0 Å². The van der Waals surface area contributed by atoms with Crippen LogP contribution in [0.4, 0.5) is 11.4 Å². The number of thiocarbonyl (C=S) groups is 1. The molecule has 1 aliphatic heterocycles. The maximum atomic E-state index is 12.9. The van der Waals surface area contributed by atoms with E-state index in [9.17, 15) is 9.59 Å². The SMILES string of the molecule is Cc1ccccc1C(=O)N1CCN(c2ccc(NC(=S)NC(=O)C=Cc3ccccc3)cc2Cl)CC1. The summed E-state index contributed by atoms with van der Waals surface area (Å²) in [5, 5.41) is 6.38. The summed E-state index contributed by atoms with van der Waals surface area (Å²) < 4.78 is 0. The number of hydrogen-bond acceptors (Lipinski definition) is 4. The summed E-state index contributed by atoms with van der Waals surface area (Å²) in [6.07, 6.45) is 3.15. The van der Waals surface area contributed by atoms with Gasteiger partial charge in [0.15, 0.2) is 5.11 Å². The molecule has 3 aromatic rings. The van der Waals surface area contributed by atoms with Crippen LogP contribution in [0.25, 0.3) is 6.08 Å². The average molecular weight is 519 g/mol. The minimum Gasteiger partial charge on any atom is -0.367 e. The fourth-order valence-electron chi connectivity index (χ4n) is 4.03. The van der Waals surface area contributed by atoms with Crippen LogP contribution < -0.4 is 15.5 Å². The molecule has 0 aliphatic carbocycles. The summed E-state index contributed by atoms with van der Waals surface area (Å²) in [7, 11) is 0. The van der Waals surface area contributed by atoms with Crippen molar-refractivity contribution in [1.29, 1.82) is 0 Å². The Morgan fingerprint density at radius 2 is 1.64 bits per heavy atom. The van der Waals surface area contributed by atoms with Crippen LogP contribution in [0.3, 0.4) is 0 Å². The van der Waals surface area contributed by atoms with E-state index in [-0.39, 0.29) is 16.9 Å². The zero-order valence-electron chi connectivity index (χ0n) is 19.9. The third-order valence-corrected chi connectivity index (χ3v) is 6.46. The van der Waals surface area contributed by atoms with Crippen LogP contribution in [0, 0.1) is 6.92 Å². The maximum Gasteiger partial charge on any atom is 0.254 e. The van der Waals surface area contributed by atoms with Crippen molar-refractivity contribution in [3.05, 3.63) is 101 Å². The molecule has 1 aliphatic rings. The van der Waals surface area contributed by atoms with E-state index in [0.29, 0.717) is 36.9 Å². The Labute approximate surface area is 221 Å². The van der Waals surface area contributed by atoms with E-state index in [1.54, 1.807) is 12.1 Å². The van der Waals surface area contributed by atoms with Crippen LogP contribution >= 0.6 is 23.8 Å². The number of piperazine rings is 1. The monoisotopic (exact) mass is 518 g/mol. The lowest BCUT2D eigenvalue weighted by molar-refractivity contribution is -0.115. The standard InChI is InChI=1S/C28H27ClN4O2S/c1-20-7-5-6-10-23(20)27(35)33-17-15-32(16-18-33)25-13-12-22(19-24(25)29)30-28(36)31-26(34)14-11-21-8-3-2-4-9-21/h2-14,19H,15-18H2,1H3,(H2,30,31,34,36). The Morgan fingerprint density at radius 3 is 2.33 bits per heavy atom. The first-order valence-electron chi connectivity index (χ1n) is 11.7. The number of carbonyl (C=O) groups excluding carboxylic acids is 2. The molecule has 0 radical (unpaired) electrons. The number of aryl methyl sites for hydroxylation is 1. The number of hydrogen-bond donors (Lipinski definition) is 2. The lowest BCUT2D eigenvalue weighted by Crippen LogP contribution is -2.49. The molecule has 2 amide bonds. The molecule has 184 valence electrons. The van der Waals surface area contributed by atoms with Crippen molar-refractivity contribution in [1.82, 2.24) is 10.2 Å². The molecule has 36 heavy (non-hydrogen) atoms. The highest BCUT2D eigenvalue weighted by Gasteiger charge is 2.24. The van der Waals surface area contributed by atoms with E-state index >= 15 is 0 Å². The van der Waals surface area contributed by atoms with Crippen LogP contribution in [0.15, 0.2) is 78.9 Å². The van der Waals surface area contributed by atoms with Gasteiger partial charge in [-0.25, -0.2) is 0 Å². The van der Waals surface area contributed by atoms with Gasteiger partial charge in [-0.2, -0.15) is 0 Å². The molecule has 1 fully saturated rings. The van der Waals surface area contributed by atoms with Crippen LogP contribution in [-0.2, 0) is 4.79 Å². The highest BCUT2D eigenvalue weighted by molar-refractivity contribution is 7.80. The Morgan fingerprint density at radius 1 is 0.944 bits per heavy atom. The van der Waals surface area contributed by atoms with Crippen molar-refractivity contribution in [2.75, 3.05) is 36.4 Å². The van der Waals surface area contributed by atoms with E-state index in [1.165, 1.54) is 6.08 Å². The molecular weight excluding hydrogens is 492 g/mol. The van der Waals surface area contributed by atoms with Gasteiger partial charge in [-0.15, -0.1) is 0 Å². The molecule has 1 heterocycles. The molecule has 8 heteroatoms. The molecule has 6 nitrogen and oxygen atoms in total. The molecule has 0 saturated carbocycles. The van der Waals surface area contributed by atoms with Crippen LogP contribution in [0.1, 0.15) is 21.5 Å². The Hall–Kier alpha value is -3.68. The third-order valence-electron chi connectivity index (χ3n) is 5.95. The maximum absolute atomic E-state index is 12.9. The number of nitrogens with one attached hydrogen (secondary N) is 2. The second-order valence-electron chi connectivity index (χ2n) is 8.45. The number of rotatable bonds is 5. The molecular formula is C28H27ClN4O2S. The van der Waals surface area contributed by atoms with Gasteiger partial charge in [-0.1, -0.05) is 60.1 Å². The second-order valence-corrected chi connectivity index (χ2v) is 9.26. The van der Waals surface area contributed by atoms with Crippen molar-refractivity contribution in [2.24, 2.45) is 0 Å². The number of amides is 2. The van der Waals surface area contributed by atoms with Crippen LogP contribution in [-0.4, -0.2) is 48.0 Å². The summed E-state index contributed by atoms with van der Waals surface area (Å²) in [5.74, 6) is -0.259. The van der Waals surface area contributed by atoms with Gasteiger partial charge in [0.25, 0.3) is 5.91 Å². The molecule has 0 unspecified atom stereocenters. The highest BCUT2D eigenvalue weighted by Crippen LogP contribution is 2.30. The second kappa shape index (κ2) is 11.8. The first kappa shape index (κ1) is 25.4. The normalized spacial score (nSPS) is 13.5. The molecule has 4 rings (SSSR count). The van der Waals surface area contributed by atoms with Gasteiger partial charge in [0.05, 0.1) is 10.7 Å². The van der Waals surface area contributed by atoms with Crippen LogP contribution in [0.5, 0.6) is 0 Å². The molecule has 3 aromatic carbocycles. The van der Waals surface area contributed by atoms with E-state index in [4.69, 9.17) is 23.8 Å². The first-order chi connectivity index (χ1) is 17.4. The first-order valence-corrected chi connectivity index (χ1v) is 12.4. The highest BCUT2D eigenvalue weighted by atomic mass is 35.5. The fourth-order valence-corrected chi connectivity index (χ4v) is 4.55. The summed E-state index contributed by atoms with van der Waals surface area (Å²) in [6, 6.07) is 22.8. The van der Waals surface area contributed by atoms with Crippen molar-refractivity contribution >= 4 is 58.2 Å². The predicted molar refractivity (Wildman–Crippen MR) is 151 cm³/mol. The number of anilines is 2. The minimum absolute atomic E-state index is 0.0626. The Kier molecular flexibility index (Phi) is 8.36. The molecule has 0 aromatic heterocycles. The van der Waals surface area contributed by atoms with E-state index in [2.05, 4.69) is 15.5 Å². The Bertz CT molecular complexity index is 1290. The van der Waals surface area contributed by atoms with E-state index < -0.39 is 0 Å². The number of carbonyl (C=O) groups is 2. The number of halogens is 1. The smallest absolute Gasteiger partial charge is 0.254 e. The van der Waals surface area contributed by atoms with Crippen molar-refractivity contribution < 1.29 is 9.59 Å². The predicted octanol–water partition coefficient (Wildman–Crippen LogP) is 5.14. The minimum atomic E-state index is -0.322. The van der Waals surface area contributed by atoms with Gasteiger partial charge in [0, 0.05) is 43.5 Å². The van der Waals surface area contributed by atoms with Gasteiger partial charge in [-0.05, 0) is 60.6 Å². The molecule has 0 spiro atoms.